The van der Waals surface area contributed by atoms with Crippen LogP contribution >= 0.6 is 0 Å². The largest absolute Gasteiger partial charge is 0.367 e. The topological polar surface area (TPSA) is 77.0 Å². The van der Waals surface area contributed by atoms with Crippen LogP contribution in [0.3, 0.4) is 0 Å². The van der Waals surface area contributed by atoms with Crippen molar-refractivity contribution in [2.45, 2.75) is 25.3 Å². The number of nitrogens with one attached hydrogen (secondary N) is 2. The molecular formula is C26H32N4O2. The van der Waals surface area contributed by atoms with Crippen molar-refractivity contribution in [2.24, 2.45) is 4.99 Å². The van der Waals surface area contributed by atoms with Crippen molar-refractivity contribution in [3.8, 4) is 0 Å². The molecule has 0 atom stereocenters. The zero-order chi connectivity index (χ0) is 22.8. The van der Waals surface area contributed by atoms with E-state index in [0.29, 0.717) is 11.6 Å². The fraction of sp³-hybridized carbons (Fsp3) is 0.308. The van der Waals surface area contributed by atoms with E-state index < -0.39 is 5.91 Å². The second-order valence-electron chi connectivity index (χ2n) is 7.86. The summed E-state index contributed by atoms with van der Waals surface area (Å²) in [4.78, 5) is 18.5. The number of likely N-dealkylation sites (tertiary alicyclic amines) is 1. The molecule has 1 fully saturated rings. The molecule has 6 heteroatoms. The Bertz CT molecular complexity index is 1060. The predicted octanol–water partition coefficient (Wildman–Crippen LogP) is 1.83. The van der Waals surface area contributed by atoms with Gasteiger partial charge < -0.3 is 5.32 Å². The molecule has 1 heterocycles. The summed E-state index contributed by atoms with van der Waals surface area (Å²) >= 11 is 0. The standard InChI is InChI=1S/C26H32N4O2/c1-3-8-21(26(31)29-32)13-7-16-30-17-14-24(15-18-30)28-25(27-2)23-12-6-11-20-9-4-5-10-22(20)19-23/h3-5,7-13,19,24,32H,1,6,14-18H2,2H3,(H,27,28)(H,29,31)/b13-7-,21-8+. The number of allylic oxidation sites excluding steroid dienone is 3. The van der Waals surface area contributed by atoms with E-state index in [-0.39, 0.29) is 0 Å². The number of aliphatic imine (C=N–C) groups is 1. The maximum Gasteiger partial charge on any atom is 0.274 e. The van der Waals surface area contributed by atoms with Crippen LogP contribution in [0.15, 0.2) is 77.4 Å². The monoisotopic (exact) mass is 432 g/mol. The molecule has 3 N–H and O–H groups in total. The Hall–Kier alpha value is -3.22. The van der Waals surface area contributed by atoms with Gasteiger partial charge in [0, 0.05) is 43.9 Å². The van der Waals surface area contributed by atoms with E-state index in [4.69, 9.17) is 5.21 Å². The quantitative estimate of drug-likeness (QED) is 0.153. The van der Waals surface area contributed by atoms with Gasteiger partial charge in [0.05, 0.1) is 0 Å². The number of piperidine rings is 1. The lowest BCUT2D eigenvalue weighted by Gasteiger charge is -2.32. The summed E-state index contributed by atoms with van der Waals surface area (Å²) in [6.45, 7) is 6.27. The Morgan fingerprint density at radius 1 is 1.25 bits per heavy atom. The van der Waals surface area contributed by atoms with Gasteiger partial charge in [-0.15, -0.1) is 0 Å². The van der Waals surface area contributed by atoms with E-state index >= 15 is 0 Å². The first-order valence-electron chi connectivity index (χ1n) is 11.0. The molecule has 0 saturated carbocycles. The van der Waals surface area contributed by atoms with Crippen molar-refractivity contribution in [1.29, 1.82) is 0 Å². The summed E-state index contributed by atoms with van der Waals surface area (Å²) in [7, 11) is 1.84. The molecule has 1 aliphatic heterocycles. The number of amides is 1. The van der Waals surface area contributed by atoms with Gasteiger partial charge in [-0.05, 0) is 41.9 Å². The van der Waals surface area contributed by atoms with Gasteiger partial charge >= 0.3 is 0 Å². The minimum absolute atomic E-state index is 0.370. The molecule has 0 aromatic heterocycles. The summed E-state index contributed by atoms with van der Waals surface area (Å²) in [5.41, 5.74) is 3.17. The number of hydroxylamine groups is 1. The zero-order valence-electron chi connectivity index (χ0n) is 18.6. The van der Waals surface area contributed by atoms with Gasteiger partial charge in [0.25, 0.3) is 5.91 Å². The highest BCUT2D eigenvalue weighted by Crippen LogP contribution is 2.13. The maximum atomic E-state index is 11.6. The summed E-state index contributed by atoms with van der Waals surface area (Å²) in [5, 5.41) is 15.0. The van der Waals surface area contributed by atoms with Crippen molar-refractivity contribution in [3.63, 3.8) is 0 Å². The van der Waals surface area contributed by atoms with Gasteiger partial charge in [-0.3, -0.25) is 19.9 Å². The summed E-state index contributed by atoms with van der Waals surface area (Å²) in [5.74, 6) is 0.406. The first-order valence-corrected chi connectivity index (χ1v) is 11.0. The number of amidine groups is 1. The Labute approximate surface area is 189 Å². The number of carbonyl (C=O) groups excluding carboxylic acids is 1. The van der Waals surface area contributed by atoms with E-state index in [1.54, 1.807) is 17.6 Å². The van der Waals surface area contributed by atoms with Crippen LogP contribution in [0.1, 0.15) is 19.3 Å². The van der Waals surface area contributed by atoms with Crippen LogP contribution in [0.5, 0.6) is 0 Å². The van der Waals surface area contributed by atoms with Crippen molar-refractivity contribution in [1.82, 2.24) is 15.7 Å². The Morgan fingerprint density at radius 3 is 2.69 bits per heavy atom. The molecule has 3 rings (SSSR count). The third-order valence-corrected chi connectivity index (χ3v) is 5.73. The SMILES string of the molecule is C=C/C=C(\C=C/CN1CCC(NC(=NC)C2=CCC=c3ccccc3=C2)CC1)C(=O)NO. The van der Waals surface area contributed by atoms with Crippen molar-refractivity contribution < 1.29 is 10.0 Å². The van der Waals surface area contributed by atoms with Crippen LogP contribution in [0, 0.1) is 0 Å². The van der Waals surface area contributed by atoms with Crippen LogP contribution in [0.2, 0.25) is 0 Å². The number of fused-ring (bicyclic) bond motifs is 1. The fourth-order valence-electron chi connectivity index (χ4n) is 3.99. The third-order valence-electron chi connectivity index (χ3n) is 5.73. The molecule has 0 bridgehead atoms. The van der Waals surface area contributed by atoms with E-state index in [2.05, 4.69) is 64.3 Å². The predicted molar refractivity (Wildman–Crippen MR) is 131 cm³/mol. The van der Waals surface area contributed by atoms with Crippen molar-refractivity contribution in [2.75, 3.05) is 26.7 Å². The van der Waals surface area contributed by atoms with Gasteiger partial charge in [0.2, 0.25) is 0 Å². The van der Waals surface area contributed by atoms with Gasteiger partial charge in [0.1, 0.15) is 5.84 Å². The number of hydrogen-bond acceptors (Lipinski definition) is 4. The maximum absolute atomic E-state index is 11.6. The molecule has 1 amide bonds. The third kappa shape index (κ3) is 6.39. The van der Waals surface area contributed by atoms with Gasteiger partial charge in [-0.25, -0.2) is 5.48 Å². The molecule has 1 aliphatic carbocycles. The molecule has 1 aromatic rings. The van der Waals surface area contributed by atoms with E-state index in [9.17, 15) is 4.79 Å². The Balaban J connectivity index is 1.54. The van der Waals surface area contributed by atoms with Crippen LogP contribution in [-0.4, -0.2) is 54.6 Å². The Morgan fingerprint density at radius 2 is 2.00 bits per heavy atom. The molecule has 0 radical (unpaired) electrons. The number of benzene rings is 1. The smallest absolute Gasteiger partial charge is 0.274 e. The molecule has 6 nitrogen and oxygen atoms in total. The highest BCUT2D eigenvalue weighted by atomic mass is 16.5. The molecule has 0 spiro atoms. The lowest BCUT2D eigenvalue weighted by Crippen LogP contribution is -2.45. The van der Waals surface area contributed by atoms with Gasteiger partial charge in [0.15, 0.2) is 0 Å². The van der Waals surface area contributed by atoms with Crippen molar-refractivity contribution in [3.05, 3.63) is 82.8 Å². The van der Waals surface area contributed by atoms with Crippen molar-refractivity contribution >= 4 is 23.9 Å². The molecule has 32 heavy (non-hydrogen) atoms. The highest BCUT2D eigenvalue weighted by Gasteiger charge is 2.20. The van der Waals surface area contributed by atoms with Crippen LogP contribution < -0.4 is 21.2 Å². The van der Waals surface area contributed by atoms with Crippen LogP contribution in [-0.2, 0) is 4.79 Å². The second kappa shape index (κ2) is 12.0. The minimum atomic E-state index is -0.541. The lowest BCUT2D eigenvalue weighted by molar-refractivity contribution is -0.124. The Kier molecular flexibility index (Phi) is 8.78. The molecule has 1 aromatic carbocycles. The zero-order valence-corrected chi connectivity index (χ0v) is 18.6. The molecule has 0 unspecified atom stereocenters. The van der Waals surface area contributed by atoms with E-state index in [1.165, 1.54) is 16.5 Å². The van der Waals surface area contributed by atoms with Gasteiger partial charge in [-0.2, -0.15) is 0 Å². The number of nitrogens with zero attached hydrogens (tertiary/aromatic N) is 2. The first kappa shape index (κ1) is 23.4. The summed E-state index contributed by atoms with van der Waals surface area (Å²) in [6, 6.07) is 8.81. The lowest BCUT2D eigenvalue weighted by atomic mass is 10.0. The average Bonchev–Trinajstić information content (AvgIpc) is 3.05. The van der Waals surface area contributed by atoms with Gasteiger partial charge in [-0.1, -0.05) is 61.2 Å². The number of hydrogen-bond donors (Lipinski definition) is 3. The molecule has 2 aliphatic rings. The summed E-state index contributed by atoms with van der Waals surface area (Å²) in [6.07, 6.45) is 16.4. The summed E-state index contributed by atoms with van der Waals surface area (Å²) < 4.78 is 0. The van der Waals surface area contributed by atoms with E-state index in [1.807, 2.05) is 13.1 Å². The first-order chi connectivity index (χ1) is 15.6. The normalized spacial score (nSPS) is 18.1. The molecule has 168 valence electrons. The highest BCUT2D eigenvalue weighted by molar-refractivity contribution is 6.05. The average molecular weight is 433 g/mol. The molecule has 1 saturated heterocycles. The second-order valence-corrected chi connectivity index (χ2v) is 7.86. The fourth-order valence-corrected chi connectivity index (χ4v) is 3.99. The van der Waals surface area contributed by atoms with Crippen LogP contribution in [0.25, 0.3) is 12.2 Å². The minimum Gasteiger partial charge on any atom is -0.367 e. The molecular weight excluding hydrogens is 400 g/mol. The van der Waals surface area contributed by atoms with Crippen LogP contribution in [0.4, 0.5) is 0 Å². The number of carbonyl (C=O) groups is 1. The van der Waals surface area contributed by atoms with E-state index in [0.717, 1.165) is 50.3 Å². The number of rotatable bonds is 7.